The lowest BCUT2D eigenvalue weighted by molar-refractivity contribution is 0.0927. The predicted octanol–water partition coefficient (Wildman–Crippen LogP) is 5.22. The molecule has 0 unspecified atom stereocenters. The molecular formula is C21H24ClNO2. The van der Waals surface area contributed by atoms with Gasteiger partial charge in [0, 0.05) is 23.7 Å². The van der Waals surface area contributed by atoms with Gasteiger partial charge in [-0.2, -0.15) is 0 Å². The summed E-state index contributed by atoms with van der Waals surface area (Å²) in [5.74, 6) is 0.00640. The van der Waals surface area contributed by atoms with Gasteiger partial charge in [0.1, 0.15) is 0 Å². The molecule has 2 aromatic carbocycles. The number of hydrogen-bond acceptors (Lipinski definition) is 2. The number of amides is 1. The van der Waals surface area contributed by atoms with Crippen molar-refractivity contribution in [2.45, 2.75) is 44.8 Å². The number of benzene rings is 2. The molecule has 3 nitrogen and oxygen atoms in total. The maximum absolute atomic E-state index is 12.6. The monoisotopic (exact) mass is 357 g/mol. The van der Waals surface area contributed by atoms with Crippen LogP contribution in [0.5, 0.6) is 0 Å². The third-order valence-electron chi connectivity index (χ3n) is 4.76. The van der Waals surface area contributed by atoms with E-state index in [-0.39, 0.29) is 5.91 Å². The molecule has 2 aromatic rings. The van der Waals surface area contributed by atoms with Gasteiger partial charge in [-0.3, -0.25) is 4.79 Å². The maximum atomic E-state index is 12.6. The molecule has 132 valence electrons. The fraction of sp³-hybridized carbons (Fsp3) is 0.381. The normalized spacial score (nSPS) is 15.1. The lowest BCUT2D eigenvalue weighted by Gasteiger charge is -2.23. The van der Waals surface area contributed by atoms with Crippen LogP contribution in [0.3, 0.4) is 0 Å². The molecule has 0 aromatic heterocycles. The Morgan fingerprint density at radius 1 is 1.12 bits per heavy atom. The zero-order valence-corrected chi connectivity index (χ0v) is 15.3. The predicted molar refractivity (Wildman–Crippen MR) is 102 cm³/mol. The molecule has 1 aliphatic carbocycles. The lowest BCUT2D eigenvalue weighted by Crippen LogP contribution is -2.36. The van der Waals surface area contributed by atoms with Crippen LogP contribution in [0, 0.1) is 0 Å². The molecule has 1 fully saturated rings. The minimum atomic E-state index is 0.00640. The number of ether oxygens (including phenoxy) is 1. The molecule has 0 saturated heterocycles. The summed E-state index contributed by atoms with van der Waals surface area (Å²) in [6, 6.07) is 13.8. The molecule has 0 aliphatic heterocycles. The molecule has 4 heteroatoms. The van der Waals surface area contributed by atoms with Gasteiger partial charge in [0.05, 0.1) is 6.61 Å². The zero-order valence-electron chi connectivity index (χ0n) is 14.6. The fourth-order valence-electron chi connectivity index (χ4n) is 3.44. The van der Waals surface area contributed by atoms with Gasteiger partial charge in [-0.1, -0.05) is 49.1 Å². The largest absolute Gasteiger partial charge is 0.380 e. The number of rotatable bonds is 5. The molecule has 25 heavy (non-hydrogen) atoms. The van der Waals surface area contributed by atoms with E-state index in [1.54, 1.807) is 7.11 Å². The van der Waals surface area contributed by atoms with Crippen LogP contribution in [-0.4, -0.2) is 19.1 Å². The molecule has 0 radical (unpaired) electrons. The van der Waals surface area contributed by atoms with Crippen LogP contribution in [0.2, 0.25) is 5.02 Å². The second-order valence-electron chi connectivity index (χ2n) is 6.62. The van der Waals surface area contributed by atoms with Gasteiger partial charge in [-0.25, -0.2) is 0 Å². The van der Waals surface area contributed by atoms with Gasteiger partial charge >= 0.3 is 0 Å². The average molecular weight is 358 g/mol. The molecule has 3 rings (SSSR count). The summed E-state index contributed by atoms with van der Waals surface area (Å²) >= 11 is 5.98. The molecule has 0 heterocycles. The SMILES string of the molecule is COCc1cc(C(=O)NC2CCCCC2)ccc1-c1ccc(Cl)cc1. The van der Waals surface area contributed by atoms with Gasteiger partial charge in [0.25, 0.3) is 5.91 Å². The quantitative estimate of drug-likeness (QED) is 0.797. The minimum Gasteiger partial charge on any atom is -0.380 e. The highest BCUT2D eigenvalue weighted by Crippen LogP contribution is 2.27. The van der Waals surface area contributed by atoms with Crippen molar-refractivity contribution in [3.05, 3.63) is 58.6 Å². The van der Waals surface area contributed by atoms with Crippen molar-refractivity contribution in [2.24, 2.45) is 0 Å². The van der Waals surface area contributed by atoms with Crippen LogP contribution in [0.4, 0.5) is 0 Å². The Hall–Kier alpha value is -1.84. The van der Waals surface area contributed by atoms with Crippen molar-refractivity contribution in [3.63, 3.8) is 0 Å². The van der Waals surface area contributed by atoms with Gasteiger partial charge in [0.2, 0.25) is 0 Å². The number of methoxy groups -OCH3 is 1. The Morgan fingerprint density at radius 2 is 1.84 bits per heavy atom. The van der Waals surface area contributed by atoms with Crippen molar-refractivity contribution >= 4 is 17.5 Å². The van der Waals surface area contributed by atoms with Crippen LogP contribution >= 0.6 is 11.6 Å². The van der Waals surface area contributed by atoms with E-state index < -0.39 is 0 Å². The highest BCUT2D eigenvalue weighted by atomic mass is 35.5. The zero-order chi connectivity index (χ0) is 17.6. The Morgan fingerprint density at radius 3 is 2.52 bits per heavy atom. The minimum absolute atomic E-state index is 0.00640. The molecule has 1 N–H and O–H groups in total. The summed E-state index contributed by atoms with van der Waals surface area (Å²) in [5.41, 5.74) is 3.82. The summed E-state index contributed by atoms with van der Waals surface area (Å²) in [6.07, 6.45) is 5.85. The molecule has 0 spiro atoms. The number of halogens is 1. The van der Waals surface area contributed by atoms with E-state index in [0.29, 0.717) is 23.2 Å². The first-order valence-electron chi connectivity index (χ1n) is 8.86. The van der Waals surface area contributed by atoms with Crippen LogP contribution in [0.25, 0.3) is 11.1 Å². The average Bonchev–Trinajstić information content (AvgIpc) is 2.64. The number of carbonyl (C=O) groups is 1. The standard InChI is InChI=1S/C21H24ClNO2/c1-25-14-17-13-16(21(24)23-19-5-3-2-4-6-19)9-12-20(17)15-7-10-18(22)11-8-15/h7-13,19H,2-6,14H2,1H3,(H,23,24). The Kier molecular flexibility index (Phi) is 6.11. The van der Waals surface area contributed by atoms with Gasteiger partial charge in [-0.05, 0) is 53.8 Å². The molecule has 1 saturated carbocycles. The Bertz CT molecular complexity index is 721. The van der Waals surface area contributed by atoms with E-state index in [1.165, 1.54) is 19.3 Å². The molecule has 0 bridgehead atoms. The lowest BCUT2D eigenvalue weighted by atomic mass is 9.94. The summed E-state index contributed by atoms with van der Waals surface area (Å²) in [7, 11) is 1.67. The second-order valence-corrected chi connectivity index (χ2v) is 7.06. The summed E-state index contributed by atoms with van der Waals surface area (Å²) in [5, 5.41) is 3.88. The summed E-state index contributed by atoms with van der Waals surface area (Å²) in [4.78, 5) is 12.6. The molecule has 1 amide bonds. The van der Waals surface area contributed by atoms with E-state index in [2.05, 4.69) is 5.32 Å². The number of nitrogens with one attached hydrogen (secondary N) is 1. The maximum Gasteiger partial charge on any atom is 0.251 e. The van der Waals surface area contributed by atoms with E-state index in [9.17, 15) is 4.79 Å². The smallest absolute Gasteiger partial charge is 0.251 e. The van der Waals surface area contributed by atoms with E-state index >= 15 is 0 Å². The second kappa shape index (κ2) is 8.50. The highest BCUT2D eigenvalue weighted by molar-refractivity contribution is 6.30. The Balaban J connectivity index is 1.82. The van der Waals surface area contributed by atoms with Crippen molar-refractivity contribution < 1.29 is 9.53 Å². The number of hydrogen-bond donors (Lipinski definition) is 1. The van der Waals surface area contributed by atoms with E-state index in [1.807, 2.05) is 42.5 Å². The summed E-state index contributed by atoms with van der Waals surface area (Å²) < 4.78 is 5.34. The molecule has 1 aliphatic rings. The van der Waals surface area contributed by atoms with Crippen LogP contribution in [-0.2, 0) is 11.3 Å². The first-order valence-corrected chi connectivity index (χ1v) is 9.24. The van der Waals surface area contributed by atoms with Crippen LogP contribution in [0.15, 0.2) is 42.5 Å². The summed E-state index contributed by atoms with van der Waals surface area (Å²) in [6.45, 7) is 0.461. The van der Waals surface area contributed by atoms with Gasteiger partial charge in [-0.15, -0.1) is 0 Å². The third kappa shape index (κ3) is 4.62. The van der Waals surface area contributed by atoms with Crippen molar-refractivity contribution in [1.29, 1.82) is 0 Å². The van der Waals surface area contributed by atoms with Crippen molar-refractivity contribution in [2.75, 3.05) is 7.11 Å². The molecular weight excluding hydrogens is 334 g/mol. The highest BCUT2D eigenvalue weighted by Gasteiger charge is 2.17. The van der Waals surface area contributed by atoms with Gasteiger partial charge in [0.15, 0.2) is 0 Å². The van der Waals surface area contributed by atoms with Crippen molar-refractivity contribution in [3.8, 4) is 11.1 Å². The first-order chi connectivity index (χ1) is 12.2. The topological polar surface area (TPSA) is 38.3 Å². The first kappa shape index (κ1) is 18.0. The van der Waals surface area contributed by atoms with E-state index in [4.69, 9.17) is 16.3 Å². The van der Waals surface area contributed by atoms with E-state index in [0.717, 1.165) is 29.5 Å². The number of carbonyl (C=O) groups excluding carboxylic acids is 1. The van der Waals surface area contributed by atoms with Crippen LogP contribution in [0.1, 0.15) is 48.0 Å². The van der Waals surface area contributed by atoms with Crippen LogP contribution < -0.4 is 5.32 Å². The van der Waals surface area contributed by atoms with Gasteiger partial charge < -0.3 is 10.1 Å². The molecule has 0 atom stereocenters. The fourth-order valence-corrected chi connectivity index (χ4v) is 3.56. The third-order valence-corrected chi connectivity index (χ3v) is 5.01. The van der Waals surface area contributed by atoms with Crippen molar-refractivity contribution in [1.82, 2.24) is 5.32 Å². The Labute approximate surface area is 154 Å².